The number of aliphatic hydroxyl groups is 13. The van der Waals surface area contributed by atoms with Crippen LogP contribution in [0.2, 0.25) is 0 Å². The van der Waals surface area contributed by atoms with Crippen molar-refractivity contribution in [2.75, 3.05) is 19.8 Å². The van der Waals surface area contributed by atoms with Crippen molar-refractivity contribution in [1.29, 1.82) is 0 Å². The van der Waals surface area contributed by atoms with E-state index < -0.39 is 136 Å². The number of aliphatic hydroxyl groups excluding tert-OH is 13. The van der Waals surface area contributed by atoms with E-state index in [1.54, 1.807) is 0 Å². The van der Waals surface area contributed by atoms with E-state index in [1.165, 1.54) is 13.0 Å². The molecule has 3 aliphatic heterocycles. The zero-order valence-corrected chi connectivity index (χ0v) is 23.5. The van der Waals surface area contributed by atoms with Crippen molar-refractivity contribution < 1.29 is 90.1 Å². The quantitative estimate of drug-likeness (QED) is 0.103. The summed E-state index contributed by atoms with van der Waals surface area (Å²) in [5.74, 6) is 0. The third kappa shape index (κ3) is 6.96. The largest absolute Gasteiger partial charge is 0.394 e. The van der Waals surface area contributed by atoms with Crippen LogP contribution in [0.3, 0.4) is 0 Å². The summed E-state index contributed by atoms with van der Waals surface area (Å²) in [5, 5.41) is 136. The van der Waals surface area contributed by atoms with Gasteiger partial charge in [0.05, 0.1) is 38.0 Å². The number of hydrogen-bond donors (Lipinski definition) is 14. The maximum atomic E-state index is 10.9. The summed E-state index contributed by atoms with van der Waals surface area (Å²) in [6, 6.07) is -2.17. The van der Waals surface area contributed by atoms with Gasteiger partial charge in [-0.1, -0.05) is 6.08 Å². The molecule has 0 radical (unpaired) electrons. The Morgan fingerprint density at radius 2 is 1.16 bits per heavy atom. The molecular weight excluding hydrogens is 602 g/mol. The minimum absolute atomic E-state index is 0.0225. The Bertz CT molecular complexity index is 958. The molecule has 0 aromatic heterocycles. The molecule has 44 heavy (non-hydrogen) atoms. The molecule has 3 fully saturated rings. The monoisotopic (exact) mass is 645 g/mol. The van der Waals surface area contributed by atoms with Crippen LogP contribution in [0, 0.1) is 0 Å². The third-order valence-electron chi connectivity index (χ3n) is 8.48. The zero-order valence-electron chi connectivity index (χ0n) is 23.5. The molecule has 1 unspecified atom stereocenters. The zero-order chi connectivity index (χ0) is 32.6. The lowest BCUT2D eigenvalue weighted by molar-refractivity contribution is -0.373. The molecule has 0 saturated carbocycles. The molecule has 0 aromatic rings. The second-order valence-corrected chi connectivity index (χ2v) is 11.4. The average molecular weight is 646 g/mol. The van der Waals surface area contributed by atoms with Gasteiger partial charge in [0.1, 0.15) is 79.4 Å². The smallest absolute Gasteiger partial charge is 0.187 e. The predicted octanol–water partition coefficient (Wildman–Crippen LogP) is -8.56. The highest BCUT2D eigenvalue weighted by Gasteiger charge is 2.53. The molecule has 0 bridgehead atoms. The lowest BCUT2D eigenvalue weighted by Gasteiger charge is -2.48. The number of nitrogens with one attached hydrogen (secondary N) is 1. The molecule has 19 atom stereocenters. The normalized spacial score (nSPS) is 52.0. The second-order valence-electron chi connectivity index (χ2n) is 11.4. The molecule has 4 aliphatic rings. The Labute approximate surface area is 250 Å². The van der Waals surface area contributed by atoms with Gasteiger partial charge in [0.2, 0.25) is 0 Å². The van der Waals surface area contributed by atoms with Crippen LogP contribution < -0.4 is 5.32 Å². The minimum Gasteiger partial charge on any atom is -0.394 e. The van der Waals surface area contributed by atoms with Gasteiger partial charge in [0, 0.05) is 0 Å². The first-order valence-corrected chi connectivity index (χ1v) is 14.1. The van der Waals surface area contributed by atoms with E-state index in [4.69, 9.17) is 23.7 Å². The van der Waals surface area contributed by atoms with E-state index in [0.29, 0.717) is 0 Å². The maximum Gasteiger partial charge on any atom is 0.187 e. The van der Waals surface area contributed by atoms with Crippen molar-refractivity contribution in [3.63, 3.8) is 0 Å². The Morgan fingerprint density at radius 1 is 0.636 bits per heavy atom. The summed E-state index contributed by atoms with van der Waals surface area (Å²) in [6.45, 7) is -0.753. The molecular formula is C25H43NO18. The topological polar surface area (TPSA) is 321 Å². The highest BCUT2D eigenvalue weighted by atomic mass is 16.7. The Hall–Kier alpha value is -1.02. The van der Waals surface area contributed by atoms with Crippen molar-refractivity contribution in [3.8, 4) is 0 Å². The Morgan fingerprint density at radius 3 is 1.73 bits per heavy atom. The van der Waals surface area contributed by atoms with Gasteiger partial charge in [-0.05, 0) is 12.5 Å². The van der Waals surface area contributed by atoms with Gasteiger partial charge in [-0.3, -0.25) is 0 Å². The van der Waals surface area contributed by atoms with Crippen molar-refractivity contribution in [1.82, 2.24) is 5.32 Å². The van der Waals surface area contributed by atoms with Crippen LogP contribution in [0.5, 0.6) is 0 Å². The fourth-order valence-electron chi connectivity index (χ4n) is 5.81. The molecule has 3 heterocycles. The van der Waals surface area contributed by atoms with Crippen LogP contribution in [0.15, 0.2) is 11.6 Å². The molecule has 0 amide bonds. The number of rotatable bonds is 9. The molecule has 1 aliphatic carbocycles. The molecule has 0 aromatic carbocycles. The Kier molecular flexibility index (Phi) is 12.1. The van der Waals surface area contributed by atoms with Crippen LogP contribution >= 0.6 is 0 Å². The van der Waals surface area contributed by atoms with Gasteiger partial charge in [0.15, 0.2) is 18.9 Å². The predicted molar refractivity (Wildman–Crippen MR) is 138 cm³/mol. The van der Waals surface area contributed by atoms with E-state index in [9.17, 15) is 66.4 Å². The first kappa shape index (κ1) is 35.8. The number of ether oxygens (including phenoxy) is 5. The SMILES string of the molecule is C[C@H]1O[C@H](O[C@H]2[C@H](O)[C@@H](O)[C@@H](O[C@H]3[C@H](O)[C@@H](O)[C@H](O)O[C@@H]3CO)O[C@@H]2CO)[C@H](O)[C@@H](O)C1N[C@H]1C=C(CO)[C@@H](O)[C@H](O)[C@H]1O. The summed E-state index contributed by atoms with van der Waals surface area (Å²) in [4.78, 5) is 0. The molecule has 19 heteroatoms. The van der Waals surface area contributed by atoms with Gasteiger partial charge in [0.25, 0.3) is 0 Å². The minimum atomic E-state index is -1.93. The highest BCUT2D eigenvalue weighted by molar-refractivity contribution is 5.22. The summed E-state index contributed by atoms with van der Waals surface area (Å²) >= 11 is 0. The van der Waals surface area contributed by atoms with Crippen molar-refractivity contribution in [2.24, 2.45) is 0 Å². The standard InChI is InChI=1S/C25H43NO18/c1-6-11(26-8-2-7(3-27)12(30)15(33)13(8)31)14(32)19(37)24(40-6)43-22-10(5-29)42-25(20(38)17(22)35)44-21-9(4-28)41-23(39)18(36)16(21)34/h2,6,8-39H,3-5H2,1H3/t6-,8+,9-,10-,11?,12-,13+,14+,15+,16-,17-,18-,19-,20-,21-,22-,23-,24-,25-/m1/s1. The van der Waals surface area contributed by atoms with Gasteiger partial charge in [-0.2, -0.15) is 0 Å². The van der Waals surface area contributed by atoms with E-state index in [1.807, 2.05) is 0 Å². The molecule has 256 valence electrons. The van der Waals surface area contributed by atoms with Gasteiger partial charge in [-0.15, -0.1) is 0 Å². The summed E-state index contributed by atoms with van der Waals surface area (Å²) in [7, 11) is 0. The Balaban J connectivity index is 1.42. The van der Waals surface area contributed by atoms with Gasteiger partial charge < -0.3 is 95.4 Å². The van der Waals surface area contributed by atoms with Crippen molar-refractivity contribution >= 4 is 0 Å². The number of hydrogen-bond acceptors (Lipinski definition) is 19. The van der Waals surface area contributed by atoms with Gasteiger partial charge >= 0.3 is 0 Å². The average Bonchev–Trinajstić information content (AvgIpc) is 3.00. The first-order valence-electron chi connectivity index (χ1n) is 14.1. The summed E-state index contributed by atoms with van der Waals surface area (Å²) in [6.07, 6.45) is -26.6. The fraction of sp³-hybridized carbons (Fsp3) is 0.920. The maximum absolute atomic E-state index is 10.9. The fourth-order valence-corrected chi connectivity index (χ4v) is 5.81. The van der Waals surface area contributed by atoms with Crippen LogP contribution in [0.4, 0.5) is 0 Å². The highest BCUT2D eigenvalue weighted by Crippen LogP contribution is 2.32. The van der Waals surface area contributed by atoms with Crippen molar-refractivity contribution in [3.05, 3.63) is 11.6 Å². The molecule has 0 spiro atoms. The van der Waals surface area contributed by atoms with Crippen LogP contribution in [-0.4, -0.2) is 203 Å². The van der Waals surface area contributed by atoms with Crippen LogP contribution in [0.25, 0.3) is 0 Å². The lowest BCUT2D eigenvalue weighted by Crippen LogP contribution is -2.68. The molecule has 14 N–H and O–H groups in total. The summed E-state index contributed by atoms with van der Waals surface area (Å²) < 4.78 is 27.4. The lowest BCUT2D eigenvalue weighted by atomic mass is 9.86. The van der Waals surface area contributed by atoms with Gasteiger partial charge in [-0.25, -0.2) is 0 Å². The van der Waals surface area contributed by atoms with Crippen LogP contribution in [-0.2, 0) is 23.7 Å². The second kappa shape index (κ2) is 14.8. The molecule has 3 saturated heterocycles. The van der Waals surface area contributed by atoms with Crippen LogP contribution in [0.1, 0.15) is 6.92 Å². The van der Waals surface area contributed by atoms with E-state index in [-0.39, 0.29) is 5.57 Å². The molecule has 4 rings (SSSR count). The molecule has 19 nitrogen and oxygen atoms in total. The van der Waals surface area contributed by atoms with E-state index in [2.05, 4.69) is 5.32 Å². The van der Waals surface area contributed by atoms with E-state index >= 15 is 0 Å². The van der Waals surface area contributed by atoms with E-state index in [0.717, 1.165) is 0 Å². The third-order valence-corrected chi connectivity index (χ3v) is 8.48. The van der Waals surface area contributed by atoms with Crippen molar-refractivity contribution in [2.45, 2.75) is 123 Å². The summed E-state index contributed by atoms with van der Waals surface area (Å²) in [5.41, 5.74) is 0.0225. The first-order chi connectivity index (χ1) is 20.7.